The van der Waals surface area contributed by atoms with E-state index in [1.807, 2.05) is 31.4 Å². The van der Waals surface area contributed by atoms with E-state index >= 15 is 0 Å². The first-order valence-electron chi connectivity index (χ1n) is 5.72. The molecular formula is C13H16ClN3O. The van der Waals surface area contributed by atoms with E-state index in [1.54, 1.807) is 11.8 Å². The standard InChI is InChI=1S/C13H16ClN3O/c1-17-8-10(5-6-15)13(16-17)9-3-4-12(18-2)11(14)7-9/h3-4,7-8H,5-6,15H2,1-2H3. The summed E-state index contributed by atoms with van der Waals surface area (Å²) in [6, 6.07) is 5.66. The monoisotopic (exact) mass is 265 g/mol. The third-order valence-electron chi connectivity index (χ3n) is 2.74. The van der Waals surface area contributed by atoms with E-state index in [4.69, 9.17) is 22.1 Å². The van der Waals surface area contributed by atoms with Gasteiger partial charge in [-0.15, -0.1) is 0 Å². The molecule has 0 spiro atoms. The number of hydrogen-bond acceptors (Lipinski definition) is 3. The first-order chi connectivity index (χ1) is 8.65. The molecule has 2 aromatic rings. The molecule has 1 aromatic carbocycles. The van der Waals surface area contributed by atoms with Gasteiger partial charge in [0.1, 0.15) is 5.75 Å². The number of aromatic nitrogens is 2. The van der Waals surface area contributed by atoms with Gasteiger partial charge in [0.05, 0.1) is 17.8 Å². The molecule has 0 radical (unpaired) electrons. The van der Waals surface area contributed by atoms with Gasteiger partial charge in [-0.3, -0.25) is 4.68 Å². The smallest absolute Gasteiger partial charge is 0.137 e. The lowest BCUT2D eigenvalue weighted by atomic mass is 10.1. The van der Waals surface area contributed by atoms with Crippen LogP contribution in [0.5, 0.6) is 5.75 Å². The molecule has 0 aliphatic rings. The number of ether oxygens (including phenoxy) is 1. The quantitative estimate of drug-likeness (QED) is 0.923. The van der Waals surface area contributed by atoms with Crippen LogP contribution in [0.4, 0.5) is 0 Å². The number of hydrogen-bond donors (Lipinski definition) is 1. The second-order valence-corrected chi connectivity index (χ2v) is 4.47. The third-order valence-corrected chi connectivity index (χ3v) is 3.04. The Morgan fingerprint density at radius 3 is 2.83 bits per heavy atom. The van der Waals surface area contributed by atoms with Crippen LogP contribution in [-0.4, -0.2) is 23.4 Å². The molecule has 96 valence electrons. The maximum atomic E-state index is 6.13. The highest BCUT2D eigenvalue weighted by atomic mass is 35.5. The number of rotatable bonds is 4. The molecule has 2 N–H and O–H groups in total. The minimum atomic E-state index is 0.583. The van der Waals surface area contributed by atoms with Crippen LogP contribution >= 0.6 is 11.6 Å². The Bertz CT molecular complexity index is 551. The topological polar surface area (TPSA) is 53.1 Å². The molecule has 5 heteroatoms. The second kappa shape index (κ2) is 5.42. The maximum absolute atomic E-state index is 6.13. The fraction of sp³-hybridized carbons (Fsp3) is 0.308. The molecule has 2 rings (SSSR count). The van der Waals surface area contributed by atoms with Crippen LogP contribution in [0.3, 0.4) is 0 Å². The summed E-state index contributed by atoms with van der Waals surface area (Å²) in [5.41, 5.74) is 8.64. The largest absolute Gasteiger partial charge is 0.495 e. The number of aryl methyl sites for hydroxylation is 1. The van der Waals surface area contributed by atoms with Gasteiger partial charge in [-0.05, 0) is 36.7 Å². The minimum absolute atomic E-state index is 0.583. The normalized spacial score (nSPS) is 10.7. The van der Waals surface area contributed by atoms with E-state index < -0.39 is 0 Å². The molecule has 0 amide bonds. The average molecular weight is 266 g/mol. The summed E-state index contributed by atoms with van der Waals surface area (Å²) in [6.45, 7) is 0.600. The van der Waals surface area contributed by atoms with Crippen molar-refractivity contribution in [1.82, 2.24) is 9.78 Å². The lowest BCUT2D eigenvalue weighted by molar-refractivity contribution is 0.415. The molecule has 0 atom stereocenters. The van der Waals surface area contributed by atoms with Gasteiger partial charge in [0.2, 0.25) is 0 Å². The highest BCUT2D eigenvalue weighted by Crippen LogP contribution is 2.31. The zero-order chi connectivity index (χ0) is 13.1. The average Bonchev–Trinajstić information content (AvgIpc) is 2.71. The van der Waals surface area contributed by atoms with Gasteiger partial charge in [0, 0.05) is 18.8 Å². The first kappa shape index (κ1) is 12.9. The number of nitrogens with two attached hydrogens (primary N) is 1. The lowest BCUT2D eigenvalue weighted by Gasteiger charge is -2.05. The van der Waals surface area contributed by atoms with Crippen molar-refractivity contribution >= 4 is 11.6 Å². The molecule has 4 nitrogen and oxygen atoms in total. The van der Waals surface area contributed by atoms with Crippen LogP contribution in [0.25, 0.3) is 11.3 Å². The number of nitrogens with zero attached hydrogens (tertiary/aromatic N) is 2. The predicted octanol–water partition coefficient (Wildman–Crippen LogP) is 2.25. The zero-order valence-corrected chi connectivity index (χ0v) is 11.2. The molecule has 1 aromatic heterocycles. The van der Waals surface area contributed by atoms with Crippen molar-refractivity contribution in [3.63, 3.8) is 0 Å². The first-order valence-corrected chi connectivity index (χ1v) is 6.10. The number of benzene rings is 1. The molecule has 0 aliphatic heterocycles. The van der Waals surface area contributed by atoms with Crippen LogP contribution in [0.15, 0.2) is 24.4 Å². The van der Waals surface area contributed by atoms with Crippen molar-refractivity contribution in [3.8, 4) is 17.0 Å². The van der Waals surface area contributed by atoms with E-state index in [9.17, 15) is 0 Å². The molecule has 0 unspecified atom stereocenters. The third kappa shape index (κ3) is 2.49. The SMILES string of the molecule is COc1ccc(-c2nn(C)cc2CCN)cc1Cl. The minimum Gasteiger partial charge on any atom is -0.495 e. The summed E-state index contributed by atoms with van der Waals surface area (Å²) < 4.78 is 6.93. The molecule has 1 heterocycles. The van der Waals surface area contributed by atoms with Crippen molar-refractivity contribution in [2.75, 3.05) is 13.7 Å². The van der Waals surface area contributed by atoms with Gasteiger partial charge in [-0.1, -0.05) is 11.6 Å². The Kier molecular flexibility index (Phi) is 3.89. The van der Waals surface area contributed by atoms with E-state index in [1.165, 1.54) is 0 Å². The molecule has 0 saturated heterocycles. The van der Waals surface area contributed by atoms with E-state index in [2.05, 4.69) is 5.10 Å². The van der Waals surface area contributed by atoms with Gasteiger partial charge in [-0.25, -0.2) is 0 Å². The van der Waals surface area contributed by atoms with Crippen molar-refractivity contribution in [2.45, 2.75) is 6.42 Å². The van der Waals surface area contributed by atoms with Gasteiger partial charge in [0.25, 0.3) is 0 Å². The van der Waals surface area contributed by atoms with Gasteiger partial charge < -0.3 is 10.5 Å². The summed E-state index contributed by atoms with van der Waals surface area (Å²) in [7, 11) is 3.50. The maximum Gasteiger partial charge on any atom is 0.137 e. The Morgan fingerprint density at radius 2 is 2.22 bits per heavy atom. The summed E-state index contributed by atoms with van der Waals surface area (Å²) in [5.74, 6) is 0.664. The van der Waals surface area contributed by atoms with Crippen LogP contribution in [-0.2, 0) is 13.5 Å². The van der Waals surface area contributed by atoms with Crippen molar-refractivity contribution in [1.29, 1.82) is 0 Å². The molecule has 0 bridgehead atoms. The second-order valence-electron chi connectivity index (χ2n) is 4.06. The van der Waals surface area contributed by atoms with Crippen molar-refractivity contribution < 1.29 is 4.74 Å². The molecular weight excluding hydrogens is 250 g/mol. The zero-order valence-electron chi connectivity index (χ0n) is 10.5. The lowest BCUT2D eigenvalue weighted by Crippen LogP contribution is -2.02. The van der Waals surface area contributed by atoms with Crippen molar-refractivity contribution in [3.05, 3.63) is 35.0 Å². The highest BCUT2D eigenvalue weighted by Gasteiger charge is 2.11. The molecule has 0 fully saturated rings. The van der Waals surface area contributed by atoms with Crippen molar-refractivity contribution in [2.24, 2.45) is 12.8 Å². The fourth-order valence-corrected chi connectivity index (χ4v) is 2.19. The van der Waals surface area contributed by atoms with Gasteiger partial charge in [-0.2, -0.15) is 5.10 Å². The Hall–Kier alpha value is -1.52. The summed E-state index contributed by atoms with van der Waals surface area (Å²) >= 11 is 6.13. The Morgan fingerprint density at radius 1 is 1.44 bits per heavy atom. The van der Waals surface area contributed by atoms with Gasteiger partial charge in [0.15, 0.2) is 0 Å². The molecule has 0 aliphatic carbocycles. The molecule has 18 heavy (non-hydrogen) atoms. The summed E-state index contributed by atoms with van der Waals surface area (Å²) in [5, 5.41) is 5.04. The van der Waals surface area contributed by atoms with Crippen LogP contribution < -0.4 is 10.5 Å². The van der Waals surface area contributed by atoms with Crippen LogP contribution in [0.1, 0.15) is 5.56 Å². The number of halogens is 1. The van der Waals surface area contributed by atoms with Crippen LogP contribution in [0.2, 0.25) is 5.02 Å². The Labute approximate surface area is 111 Å². The van der Waals surface area contributed by atoms with E-state index in [0.29, 0.717) is 17.3 Å². The fourth-order valence-electron chi connectivity index (χ4n) is 1.93. The Balaban J connectivity index is 2.44. The molecule has 0 saturated carbocycles. The summed E-state index contributed by atoms with van der Waals surface area (Å²) in [4.78, 5) is 0. The van der Waals surface area contributed by atoms with Crippen LogP contribution in [0, 0.1) is 0 Å². The van der Waals surface area contributed by atoms with Gasteiger partial charge >= 0.3 is 0 Å². The van der Waals surface area contributed by atoms with E-state index in [-0.39, 0.29) is 0 Å². The summed E-state index contributed by atoms with van der Waals surface area (Å²) in [6.07, 6.45) is 2.78. The van der Waals surface area contributed by atoms with E-state index in [0.717, 1.165) is 23.2 Å². The highest BCUT2D eigenvalue weighted by molar-refractivity contribution is 6.32. The predicted molar refractivity (Wildman–Crippen MR) is 73.0 cm³/mol. The number of methoxy groups -OCH3 is 1.